The van der Waals surface area contributed by atoms with Crippen molar-refractivity contribution in [3.63, 3.8) is 0 Å². The van der Waals surface area contributed by atoms with Crippen molar-refractivity contribution in [2.24, 2.45) is 17.3 Å². The third-order valence-corrected chi connectivity index (χ3v) is 5.86. The normalized spacial score (nSPS) is 26.0. The number of aliphatic hydroxyl groups is 2. The molecule has 0 spiro atoms. The molecule has 1 rings (SSSR count). The van der Waals surface area contributed by atoms with Crippen LogP contribution in [0.5, 0.6) is 0 Å². The summed E-state index contributed by atoms with van der Waals surface area (Å²) in [5.74, 6) is -1.16. The molecule has 1 saturated carbocycles. The minimum absolute atomic E-state index is 0.0932. The molecule has 0 radical (unpaired) electrons. The Morgan fingerprint density at radius 1 is 1.15 bits per heavy atom. The van der Waals surface area contributed by atoms with Crippen LogP contribution in [0.1, 0.15) is 85.0 Å². The highest BCUT2D eigenvalue weighted by Gasteiger charge is 2.52. The topological polar surface area (TPSA) is 94.8 Å². The summed E-state index contributed by atoms with van der Waals surface area (Å²) >= 11 is 0. The highest BCUT2D eigenvalue weighted by molar-refractivity contribution is 5.90. The number of unbranched alkanes of at least 4 members (excludes halogenated alkanes) is 5. The summed E-state index contributed by atoms with van der Waals surface area (Å²) in [6.07, 6.45) is 10.3. The molecule has 0 saturated heterocycles. The van der Waals surface area contributed by atoms with Crippen LogP contribution < -0.4 is 0 Å². The summed E-state index contributed by atoms with van der Waals surface area (Å²) in [5.41, 5.74) is -0.768. The highest BCUT2D eigenvalue weighted by atomic mass is 16.4. The van der Waals surface area contributed by atoms with Gasteiger partial charge >= 0.3 is 5.97 Å². The van der Waals surface area contributed by atoms with Crippen molar-refractivity contribution >= 4 is 11.8 Å². The minimum atomic E-state index is -0.770. The van der Waals surface area contributed by atoms with E-state index in [0.29, 0.717) is 19.3 Å². The summed E-state index contributed by atoms with van der Waals surface area (Å²) in [6.45, 7) is 5.72. The van der Waals surface area contributed by atoms with E-state index in [0.717, 1.165) is 38.5 Å². The Labute approximate surface area is 163 Å². The first kappa shape index (κ1) is 23.8. The average molecular weight is 383 g/mol. The Morgan fingerprint density at radius 2 is 1.81 bits per heavy atom. The SMILES string of the molecule is CCCCC[C@H](O)/C=C/[C@@H]1[C@@H](CCCCCCC(=O)O)C(=O)C(C)(C)[C@H]1O. The molecule has 1 aliphatic carbocycles. The van der Waals surface area contributed by atoms with Crippen molar-refractivity contribution in [3.05, 3.63) is 12.2 Å². The van der Waals surface area contributed by atoms with Crippen molar-refractivity contribution < 1.29 is 24.9 Å². The largest absolute Gasteiger partial charge is 0.481 e. The minimum Gasteiger partial charge on any atom is -0.481 e. The fraction of sp³-hybridized carbons (Fsp3) is 0.818. The molecule has 1 aliphatic rings. The van der Waals surface area contributed by atoms with Gasteiger partial charge in [-0.2, -0.15) is 0 Å². The highest BCUT2D eigenvalue weighted by Crippen LogP contribution is 2.45. The lowest BCUT2D eigenvalue weighted by atomic mass is 9.86. The Hall–Kier alpha value is -1.20. The van der Waals surface area contributed by atoms with E-state index < -0.39 is 23.6 Å². The number of aliphatic hydroxyl groups excluding tert-OH is 2. The van der Waals surface area contributed by atoms with Gasteiger partial charge in [-0.1, -0.05) is 71.4 Å². The molecule has 3 N–H and O–H groups in total. The van der Waals surface area contributed by atoms with Crippen LogP contribution in [0.4, 0.5) is 0 Å². The summed E-state index contributed by atoms with van der Waals surface area (Å²) in [4.78, 5) is 23.3. The molecule has 0 aromatic carbocycles. The van der Waals surface area contributed by atoms with Crippen LogP contribution in [0.25, 0.3) is 0 Å². The van der Waals surface area contributed by atoms with Crippen molar-refractivity contribution in [2.45, 2.75) is 97.2 Å². The van der Waals surface area contributed by atoms with Gasteiger partial charge in [-0.3, -0.25) is 9.59 Å². The Kier molecular flexibility index (Phi) is 10.2. The van der Waals surface area contributed by atoms with Gasteiger partial charge in [-0.25, -0.2) is 0 Å². The van der Waals surface area contributed by atoms with Crippen LogP contribution in [0.2, 0.25) is 0 Å². The van der Waals surface area contributed by atoms with Crippen LogP contribution in [0.15, 0.2) is 12.2 Å². The average Bonchev–Trinajstić information content (AvgIpc) is 2.76. The second kappa shape index (κ2) is 11.6. The molecular weight excluding hydrogens is 344 g/mol. The summed E-state index contributed by atoms with van der Waals surface area (Å²) in [7, 11) is 0. The molecule has 0 aromatic rings. The number of Topliss-reactive ketones (excluding diaryl/α,β-unsaturated/α-hetero) is 1. The number of hydrogen-bond acceptors (Lipinski definition) is 4. The fourth-order valence-electron chi connectivity index (χ4n) is 4.01. The third-order valence-electron chi connectivity index (χ3n) is 5.86. The molecule has 5 nitrogen and oxygen atoms in total. The predicted molar refractivity (Wildman–Crippen MR) is 106 cm³/mol. The number of carbonyl (C=O) groups is 2. The summed E-state index contributed by atoms with van der Waals surface area (Å²) in [5, 5.41) is 29.5. The fourth-order valence-corrected chi connectivity index (χ4v) is 4.01. The number of hydrogen-bond donors (Lipinski definition) is 3. The van der Waals surface area contributed by atoms with Crippen molar-refractivity contribution in [1.29, 1.82) is 0 Å². The number of carbonyl (C=O) groups excluding carboxylic acids is 1. The summed E-state index contributed by atoms with van der Waals surface area (Å²) in [6, 6.07) is 0. The molecule has 0 amide bonds. The maximum atomic E-state index is 12.8. The van der Waals surface area contributed by atoms with Gasteiger partial charge in [0.1, 0.15) is 5.78 Å². The van der Waals surface area contributed by atoms with Gasteiger partial charge in [0.2, 0.25) is 0 Å². The molecule has 0 heterocycles. The van der Waals surface area contributed by atoms with E-state index in [9.17, 15) is 19.8 Å². The van der Waals surface area contributed by atoms with E-state index in [2.05, 4.69) is 6.92 Å². The monoisotopic (exact) mass is 382 g/mol. The van der Waals surface area contributed by atoms with Crippen LogP contribution in [0, 0.1) is 17.3 Å². The molecule has 0 bridgehead atoms. The molecule has 27 heavy (non-hydrogen) atoms. The third kappa shape index (κ3) is 7.38. The van der Waals surface area contributed by atoms with Crippen molar-refractivity contribution in [2.75, 3.05) is 0 Å². The smallest absolute Gasteiger partial charge is 0.303 e. The number of carboxylic acids is 1. The molecule has 0 aromatic heterocycles. The molecule has 0 unspecified atom stereocenters. The van der Waals surface area contributed by atoms with E-state index in [1.54, 1.807) is 19.9 Å². The molecular formula is C22H38O5. The molecule has 156 valence electrons. The van der Waals surface area contributed by atoms with Gasteiger partial charge in [-0.15, -0.1) is 0 Å². The van der Waals surface area contributed by atoms with Gasteiger partial charge in [0.15, 0.2) is 0 Å². The standard InChI is InChI=1S/C22H38O5/c1-4-5-8-11-16(23)14-15-18-17(20(26)22(2,3)21(18)27)12-9-6-7-10-13-19(24)25/h14-18,21,23,27H,4-13H2,1-3H3,(H,24,25)/b15-14+/t16-,17+,18+,21-/m0/s1. The lowest BCUT2D eigenvalue weighted by molar-refractivity contribution is -0.137. The molecule has 0 aliphatic heterocycles. The predicted octanol–water partition coefficient (Wildman–Crippen LogP) is 4.11. The van der Waals surface area contributed by atoms with E-state index in [1.807, 2.05) is 6.08 Å². The maximum Gasteiger partial charge on any atom is 0.303 e. The molecule has 4 atom stereocenters. The Morgan fingerprint density at radius 3 is 2.44 bits per heavy atom. The van der Waals surface area contributed by atoms with Gasteiger partial charge in [-0.05, 0) is 19.3 Å². The lowest BCUT2D eigenvalue weighted by Crippen LogP contribution is -2.31. The zero-order valence-electron chi connectivity index (χ0n) is 17.2. The van der Waals surface area contributed by atoms with Crippen LogP contribution in [0.3, 0.4) is 0 Å². The van der Waals surface area contributed by atoms with Crippen molar-refractivity contribution in [1.82, 2.24) is 0 Å². The van der Waals surface area contributed by atoms with Gasteiger partial charge in [0, 0.05) is 18.3 Å². The second-order valence-electron chi connectivity index (χ2n) is 8.51. The first-order chi connectivity index (χ1) is 12.7. The summed E-state index contributed by atoms with van der Waals surface area (Å²) < 4.78 is 0. The van der Waals surface area contributed by atoms with Crippen molar-refractivity contribution in [3.8, 4) is 0 Å². The quantitative estimate of drug-likeness (QED) is 0.329. The lowest BCUT2D eigenvalue weighted by Gasteiger charge is -2.22. The van der Waals surface area contributed by atoms with E-state index in [-0.39, 0.29) is 24.0 Å². The van der Waals surface area contributed by atoms with Crippen LogP contribution in [-0.4, -0.2) is 39.3 Å². The first-order valence-corrected chi connectivity index (χ1v) is 10.5. The number of aliphatic carboxylic acids is 1. The first-order valence-electron chi connectivity index (χ1n) is 10.5. The van der Waals surface area contributed by atoms with Gasteiger partial charge < -0.3 is 15.3 Å². The number of rotatable bonds is 13. The molecule has 1 fully saturated rings. The van der Waals surface area contributed by atoms with Gasteiger partial charge in [0.25, 0.3) is 0 Å². The van der Waals surface area contributed by atoms with Crippen LogP contribution >= 0.6 is 0 Å². The zero-order chi connectivity index (χ0) is 20.4. The Balaban J connectivity index is 2.60. The van der Waals surface area contributed by atoms with Gasteiger partial charge in [0.05, 0.1) is 17.6 Å². The number of ketones is 1. The maximum absolute atomic E-state index is 12.8. The van der Waals surface area contributed by atoms with E-state index >= 15 is 0 Å². The van der Waals surface area contributed by atoms with Crippen LogP contribution in [-0.2, 0) is 9.59 Å². The second-order valence-corrected chi connectivity index (χ2v) is 8.51. The zero-order valence-corrected chi connectivity index (χ0v) is 17.2. The molecule has 5 heteroatoms. The number of carboxylic acid groups (broad SMARTS) is 1. The van der Waals surface area contributed by atoms with E-state index in [1.165, 1.54) is 0 Å². The van der Waals surface area contributed by atoms with E-state index in [4.69, 9.17) is 5.11 Å². The Bertz CT molecular complexity index is 497.